The molecule has 0 unspecified atom stereocenters. The molecule has 106 valence electrons. The van der Waals surface area contributed by atoms with E-state index in [0.29, 0.717) is 13.2 Å². The summed E-state index contributed by atoms with van der Waals surface area (Å²) >= 11 is 0. The van der Waals surface area contributed by atoms with E-state index in [1.807, 2.05) is 0 Å². The average molecular weight is 268 g/mol. The van der Waals surface area contributed by atoms with Crippen LogP contribution in [0.1, 0.15) is 38.5 Å². The Morgan fingerprint density at radius 2 is 1.72 bits per heavy atom. The molecule has 0 atom stereocenters. The highest BCUT2D eigenvalue weighted by atomic mass is 19.4. The highest BCUT2D eigenvalue weighted by Gasteiger charge is 2.40. The Hall–Kier alpha value is -0.330. The molecule has 2 aliphatic rings. The van der Waals surface area contributed by atoms with Crippen LogP contribution in [0.15, 0.2) is 0 Å². The number of rotatable bonds is 4. The first-order chi connectivity index (χ1) is 8.49. The van der Waals surface area contributed by atoms with Gasteiger partial charge in [0, 0.05) is 25.9 Å². The van der Waals surface area contributed by atoms with Crippen LogP contribution in [0, 0.1) is 0 Å². The highest BCUT2D eigenvalue weighted by Crippen LogP contribution is 2.36. The lowest BCUT2D eigenvalue weighted by atomic mass is 9.92. The topological polar surface area (TPSA) is 27.7 Å². The quantitative estimate of drug-likeness (QED) is 0.733. The summed E-state index contributed by atoms with van der Waals surface area (Å²) in [4.78, 5) is 0. The van der Waals surface area contributed by atoms with Gasteiger partial charge in [0.2, 0.25) is 0 Å². The zero-order valence-electron chi connectivity index (χ0n) is 10.3. The van der Waals surface area contributed by atoms with Crippen molar-refractivity contribution in [2.24, 2.45) is 0 Å². The maximum absolute atomic E-state index is 11.9. The minimum Gasteiger partial charge on any atom is -0.378 e. The van der Waals surface area contributed by atoms with Gasteiger partial charge in [-0.3, -0.25) is 0 Å². The van der Waals surface area contributed by atoms with Crippen molar-refractivity contribution in [1.29, 1.82) is 0 Å². The van der Waals surface area contributed by atoms with E-state index in [1.165, 1.54) is 0 Å². The Balaban J connectivity index is 1.59. The Morgan fingerprint density at radius 3 is 2.28 bits per heavy atom. The molecule has 1 aliphatic heterocycles. The van der Waals surface area contributed by atoms with Crippen LogP contribution < -0.4 is 0 Å². The molecule has 18 heavy (non-hydrogen) atoms. The zero-order chi connectivity index (χ0) is 13.1. The lowest BCUT2D eigenvalue weighted by Crippen LogP contribution is -2.37. The van der Waals surface area contributed by atoms with Crippen LogP contribution in [0.25, 0.3) is 0 Å². The smallest absolute Gasteiger partial charge is 0.378 e. The molecule has 1 spiro atoms. The van der Waals surface area contributed by atoms with Gasteiger partial charge in [-0.1, -0.05) is 0 Å². The van der Waals surface area contributed by atoms with E-state index in [4.69, 9.17) is 14.2 Å². The Bertz CT molecular complexity index is 252. The van der Waals surface area contributed by atoms with E-state index in [9.17, 15) is 13.2 Å². The van der Waals surface area contributed by atoms with Crippen LogP contribution in [0.2, 0.25) is 0 Å². The van der Waals surface area contributed by atoms with Gasteiger partial charge < -0.3 is 14.2 Å². The van der Waals surface area contributed by atoms with Gasteiger partial charge in [-0.15, -0.1) is 0 Å². The van der Waals surface area contributed by atoms with E-state index in [2.05, 4.69) is 0 Å². The SMILES string of the molecule is FC(F)(F)CCCOC1CCC2(CC1)OCCO2. The molecule has 0 radical (unpaired) electrons. The standard InChI is InChI=1S/C12H19F3O3/c13-12(14,15)4-1-7-16-10-2-5-11(6-3-10)17-8-9-18-11/h10H,1-9H2. The molecule has 0 aromatic heterocycles. The van der Waals surface area contributed by atoms with Crippen LogP contribution in [-0.2, 0) is 14.2 Å². The third-order valence-corrected chi connectivity index (χ3v) is 3.47. The summed E-state index contributed by atoms with van der Waals surface area (Å²) in [7, 11) is 0. The fraction of sp³-hybridized carbons (Fsp3) is 1.00. The van der Waals surface area contributed by atoms with Gasteiger partial charge in [0.25, 0.3) is 0 Å². The predicted octanol–water partition coefficient (Wildman–Crippen LogP) is 3.03. The van der Waals surface area contributed by atoms with Crippen LogP contribution >= 0.6 is 0 Å². The maximum Gasteiger partial charge on any atom is 0.389 e. The van der Waals surface area contributed by atoms with E-state index < -0.39 is 18.4 Å². The minimum atomic E-state index is -4.08. The predicted molar refractivity (Wildman–Crippen MR) is 58.1 cm³/mol. The third kappa shape index (κ3) is 4.10. The molecule has 1 heterocycles. The van der Waals surface area contributed by atoms with Crippen LogP contribution in [0.4, 0.5) is 13.2 Å². The second kappa shape index (κ2) is 5.75. The largest absolute Gasteiger partial charge is 0.389 e. The summed E-state index contributed by atoms with van der Waals surface area (Å²) in [5.41, 5.74) is 0. The van der Waals surface area contributed by atoms with Crippen molar-refractivity contribution in [3.05, 3.63) is 0 Å². The molecule has 6 heteroatoms. The number of hydrogen-bond acceptors (Lipinski definition) is 3. The fourth-order valence-corrected chi connectivity index (χ4v) is 2.51. The first kappa shape index (κ1) is 14.1. The van der Waals surface area contributed by atoms with Crippen LogP contribution in [-0.4, -0.2) is 37.9 Å². The van der Waals surface area contributed by atoms with Crippen molar-refractivity contribution in [2.75, 3.05) is 19.8 Å². The van der Waals surface area contributed by atoms with E-state index in [-0.39, 0.29) is 19.1 Å². The Labute approximate surface area is 105 Å². The summed E-state index contributed by atoms with van der Waals surface area (Å²) < 4.78 is 52.4. The van der Waals surface area contributed by atoms with Gasteiger partial charge in [-0.25, -0.2) is 0 Å². The van der Waals surface area contributed by atoms with Crippen molar-refractivity contribution < 1.29 is 27.4 Å². The number of ether oxygens (including phenoxy) is 3. The van der Waals surface area contributed by atoms with Crippen molar-refractivity contribution in [2.45, 2.75) is 56.6 Å². The zero-order valence-corrected chi connectivity index (χ0v) is 10.3. The first-order valence-electron chi connectivity index (χ1n) is 6.45. The summed E-state index contributed by atoms with van der Waals surface area (Å²) in [6.07, 6.45) is -1.61. The molecule has 0 aromatic rings. The van der Waals surface area contributed by atoms with Crippen molar-refractivity contribution in [3.63, 3.8) is 0 Å². The highest BCUT2D eigenvalue weighted by molar-refractivity contribution is 4.82. The van der Waals surface area contributed by atoms with Crippen LogP contribution in [0.5, 0.6) is 0 Å². The molecule has 0 aromatic carbocycles. The maximum atomic E-state index is 11.9. The number of halogens is 3. The Kier molecular flexibility index (Phi) is 4.50. The monoisotopic (exact) mass is 268 g/mol. The normalized spacial score (nSPS) is 24.8. The summed E-state index contributed by atoms with van der Waals surface area (Å²) in [6, 6.07) is 0. The van der Waals surface area contributed by atoms with E-state index >= 15 is 0 Å². The molecule has 1 saturated carbocycles. The molecule has 2 fully saturated rings. The summed E-state index contributed by atoms with van der Waals surface area (Å²) in [5, 5.41) is 0. The lowest BCUT2D eigenvalue weighted by Gasteiger charge is -2.35. The van der Waals surface area contributed by atoms with E-state index in [0.717, 1.165) is 25.7 Å². The molecule has 3 nitrogen and oxygen atoms in total. The summed E-state index contributed by atoms with van der Waals surface area (Å²) in [6.45, 7) is 1.45. The third-order valence-electron chi connectivity index (χ3n) is 3.47. The van der Waals surface area contributed by atoms with E-state index in [1.54, 1.807) is 0 Å². The molecular formula is C12H19F3O3. The van der Waals surface area contributed by atoms with Gasteiger partial charge in [-0.2, -0.15) is 13.2 Å². The Morgan fingerprint density at radius 1 is 1.11 bits per heavy atom. The average Bonchev–Trinajstić information content (AvgIpc) is 2.75. The molecule has 0 N–H and O–H groups in total. The number of hydrogen-bond donors (Lipinski definition) is 0. The molecule has 2 rings (SSSR count). The van der Waals surface area contributed by atoms with Gasteiger partial charge in [0.1, 0.15) is 0 Å². The molecule has 1 aliphatic carbocycles. The van der Waals surface area contributed by atoms with Gasteiger partial charge >= 0.3 is 6.18 Å². The fourth-order valence-electron chi connectivity index (χ4n) is 2.51. The van der Waals surface area contributed by atoms with Crippen molar-refractivity contribution in [1.82, 2.24) is 0 Å². The minimum absolute atomic E-state index is 0.0398. The van der Waals surface area contributed by atoms with Crippen molar-refractivity contribution in [3.8, 4) is 0 Å². The first-order valence-corrected chi connectivity index (χ1v) is 6.45. The second-order valence-corrected chi connectivity index (χ2v) is 4.90. The van der Waals surface area contributed by atoms with Gasteiger partial charge in [0.15, 0.2) is 5.79 Å². The number of alkyl halides is 3. The second-order valence-electron chi connectivity index (χ2n) is 4.90. The molecular weight excluding hydrogens is 249 g/mol. The molecule has 0 bridgehead atoms. The lowest BCUT2D eigenvalue weighted by molar-refractivity contribution is -0.192. The molecule has 0 amide bonds. The van der Waals surface area contributed by atoms with Crippen molar-refractivity contribution >= 4 is 0 Å². The van der Waals surface area contributed by atoms with Gasteiger partial charge in [0.05, 0.1) is 19.3 Å². The summed E-state index contributed by atoms with van der Waals surface area (Å²) in [5.74, 6) is -0.425. The molecule has 1 saturated heterocycles. The van der Waals surface area contributed by atoms with Gasteiger partial charge in [-0.05, 0) is 19.3 Å². The van der Waals surface area contributed by atoms with Crippen LogP contribution in [0.3, 0.4) is 0 Å².